The maximum Gasteiger partial charge on any atom is 0.161 e. The lowest BCUT2D eigenvalue weighted by atomic mass is 10.2. The van der Waals surface area contributed by atoms with Gasteiger partial charge in [0.25, 0.3) is 0 Å². The Balaban J connectivity index is 2.82. The van der Waals surface area contributed by atoms with Gasteiger partial charge in [-0.25, -0.2) is 0 Å². The third kappa shape index (κ3) is 3.71. The van der Waals surface area contributed by atoms with E-state index >= 15 is 0 Å². The van der Waals surface area contributed by atoms with E-state index in [0.29, 0.717) is 15.8 Å². The van der Waals surface area contributed by atoms with Crippen LogP contribution < -0.4 is 14.9 Å². The number of thiocarbonyl (C=S) groups is 1. The highest BCUT2D eigenvalue weighted by Gasteiger charge is 2.02. The largest absolute Gasteiger partial charge is 0.493 e. The first-order chi connectivity index (χ1) is 7.67. The summed E-state index contributed by atoms with van der Waals surface area (Å²) < 4.78 is 10.6. The van der Waals surface area contributed by atoms with Crippen molar-refractivity contribution in [1.29, 1.82) is 0 Å². The Morgan fingerprint density at radius 3 is 2.62 bits per heavy atom. The first-order valence-corrected chi connectivity index (χ1v) is 5.27. The predicted octanol–water partition coefficient (Wildman–Crippen LogP) is 1.84. The molecule has 0 heterocycles. The van der Waals surface area contributed by atoms with Gasteiger partial charge in [0.05, 0.1) is 20.4 Å². The lowest BCUT2D eigenvalue weighted by molar-refractivity contribution is 0.355. The number of ether oxygens (including phenoxy) is 2. The van der Waals surface area contributed by atoms with Gasteiger partial charge in [-0.2, -0.15) is 5.10 Å². The third-order valence-electron chi connectivity index (χ3n) is 1.78. The lowest BCUT2D eigenvalue weighted by Crippen LogP contribution is -2.07. The average molecular weight is 256 g/mol. The van der Waals surface area contributed by atoms with Crippen LogP contribution in [0.4, 0.5) is 0 Å². The molecular weight excluding hydrogens is 244 g/mol. The van der Waals surface area contributed by atoms with Crippen molar-refractivity contribution in [3.63, 3.8) is 0 Å². The van der Waals surface area contributed by atoms with Gasteiger partial charge in [-0.3, -0.25) is 5.43 Å². The molecule has 0 bridgehead atoms. The molecule has 0 aliphatic heterocycles. The number of nitrogens with one attached hydrogen (secondary N) is 1. The van der Waals surface area contributed by atoms with Crippen molar-refractivity contribution in [1.82, 2.24) is 5.43 Å². The summed E-state index contributed by atoms with van der Waals surface area (Å²) in [5, 5.41) is 3.88. The summed E-state index contributed by atoms with van der Waals surface area (Å²) in [5.74, 6) is 1.33. The van der Waals surface area contributed by atoms with E-state index in [-0.39, 0.29) is 0 Å². The molecule has 1 N–H and O–H groups in total. The van der Waals surface area contributed by atoms with E-state index in [1.807, 2.05) is 12.1 Å². The minimum absolute atomic E-state index is 0.316. The molecule has 0 aliphatic rings. The first kappa shape index (κ1) is 12.8. The molecule has 6 heteroatoms. The number of thiol groups is 1. The van der Waals surface area contributed by atoms with Crippen molar-refractivity contribution >= 4 is 35.4 Å². The summed E-state index contributed by atoms with van der Waals surface area (Å²) in [7, 11) is 3.17. The maximum absolute atomic E-state index is 5.16. The highest BCUT2D eigenvalue weighted by Crippen LogP contribution is 2.26. The Hall–Kier alpha value is -1.27. The molecule has 16 heavy (non-hydrogen) atoms. The fourth-order valence-corrected chi connectivity index (χ4v) is 1.21. The SMILES string of the molecule is COc1ccc(/C=N/NC(=S)S)cc1OC. The van der Waals surface area contributed by atoms with Gasteiger partial charge >= 0.3 is 0 Å². The van der Waals surface area contributed by atoms with Gasteiger partial charge in [0.1, 0.15) is 0 Å². The summed E-state index contributed by atoms with van der Waals surface area (Å²) >= 11 is 8.57. The first-order valence-electron chi connectivity index (χ1n) is 4.41. The van der Waals surface area contributed by atoms with Crippen LogP contribution in [0.1, 0.15) is 5.56 Å². The minimum atomic E-state index is 0.316. The second-order valence-electron chi connectivity index (χ2n) is 2.79. The average Bonchev–Trinajstić information content (AvgIpc) is 2.28. The molecule has 1 rings (SSSR count). The smallest absolute Gasteiger partial charge is 0.161 e. The van der Waals surface area contributed by atoms with E-state index in [1.165, 1.54) is 0 Å². The quantitative estimate of drug-likeness (QED) is 0.373. The maximum atomic E-state index is 5.16. The number of hydrogen-bond donors (Lipinski definition) is 2. The fraction of sp³-hybridized carbons (Fsp3) is 0.200. The molecule has 0 saturated carbocycles. The molecule has 0 spiro atoms. The molecule has 86 valence electrons. The van der Waals surface area contributed by atoms with Gasteiger partial charge in [0, 0.05) is 0 Å². The molecule has 0 amide bonds. The number of nitrogens with zero attached hydrogens (tertiary/aromatic N) is 1. The fourth-order valence-electron chi connectivity index (χ4n) is 1.10. The van der Waals surface area contributed by atoms with E-state index in [9.17, 15) is 0 Å². The van der Waals surface area contributed by atoms with Gasteiger partial charge in [0.15, 0.2) is 15.8 Å². The van der Waals surface area contributed by atoms with E-state index in [1.54, 1.807) is 26.5 Å². The molecule has 0 saturated heterocycles. The van der Waals surface area contributed by atoms with Crippen LogP contribution >= 0.6 is 24.8 Å². The van der Waals surface area contributed by atoms with Gasteiger partial charge in [-0.05, 0) is 23.8 Å². The number of methoxy groups -OCH3 is 2. The number of benzene rings is 1. The zero-order valence-corrected chi connectivity index (χ0v) is 10.6. The zero-order valence-electron chi connectivity index (χ0n) is 8.93. The van der Waals surface area contributed by atoms with Crippen LogP contribution in [-0.4, -0.2) is 24.8 Å². The summed E-state index contributed by atoms with van der Waals surface area (Å²) in [6.07, 6.45) is 1.62. The second-order valence-corrected chi connectivity index (χ2v) is 3.95. The normalized spacial score (nSPS) is 10.2. The van der Waals surface area contributed by atoms with E-state index in [4.69, 9.17) is 21.7 Å². The lowest BCUT2D eigenvalue weighted by Gasteiger charge is -2.07. The summed E-state index contributed by atoms with van der Waals surface area (Å²) in [4.78, 5) is 0. The molecule has 0 aliphatic carbocycles. The molecule has 1 aromatic rings. The highest BCUT2D eigenvalue weighted by atomic mass is 32.1. The Morgan fingerprint density at radius 2 is 2.06 bits per heavy atom. The number of rotatable bonds is 4. The van der Waals surface area contributed by atoms with Gasteiger partial charge in [-0.15, -0.1) is 12.6 Å². The molecule has 0 aromatic heterocycles. The summed E-state index contributed by atoms with van der Waals surface area (Å²) in [6.45, 7) is 0. The Morgan fingerprint density at radius 1 is 1.38 bits per heavy atom. The molecule has 0 unspecified atom stereocenters. The molecule has 4 nitrogen and oxygen atoms in total. The topological polar surface area (TPSA) is 42.8 Å². The summed E-state index contributed by atoms with van der Waals surface area (Å²) in [5.41, 5.74) is 3.42. The molecular formula is C10H12N2O2S2. The standard InChI is InChI=1S/C10H12N2O2S2/c1-13-8-4-3-7(5-9(8)14-2)6-11-12-10(15)16/h3-6H,1-2H3,(H2,12,15,16)/b11-6+. The van der Waals surface area contributed by atoms with Crippen LogP contribution in [0.25, 0.3) is 0 Å². The molecule has 0 fully saturated rings. The predicted molar refractivity (Wildman–Crippen MR) is 71.9 cm³/mol. The molecule has 0 atom stereocenters. The highest BCUT2D eigenvalue weighted by molar-refractivity contribution is 8.11. The monoisotopic (exact) mass is 256 g/mol. The van der Waals surface area contributed by atoms with Crippen molar-refractivity contribution in [3.8, 4) is 11.5 Å². The zero-order chi connectivity index (χ0) is 12.0. The van der Waals surface area contributed by atoms with E-state index in [0.717, 1.165) is 5.56 Å². The van der Waals surface area contributed by atoms with Crippen LogP contribution in [0.3, 0.4) is 0 Å². The van der Waals surface area contributed by atoms with Crippen molar-refractivity contribution < 1.29 is 9.47 Å². The molecule has 0 radical (unpaired) electrons. The van der Waals surface area contributed by atoms with Crippen LogP contribution in [-0.2, 0) is 0 Å². The van der Waals surface area contributed by atoms with Crippen LogP contribution in [0.5, 0.6) is 11.5 Å². The Labute approximate surface area is 105 Å². The van der Waals surface area contributed by atoms with E-state index in [2.05, 4.69) is 23.2 Å². The van der Waals surface area contributed by atoms with Crippen LogP contribution in [0.15, 0.2) is 23.3 Å². The number of hydrazone groups is 1. The van der Waals surface area contributed by atoms with E-state index < -0.39 is 0 Å². The Kier molecular flexibility index (Phi) is 5.07. The van der Waals surface area contributed by atoms with Crippen molar-refractivity contribution in [2.75, 3.05) is 14.2 Å². The van der Waals surface area contributed by atoms with Crippen molar-refractivity contribution in [2.24, 2.45) is 5.10 Å². The van der Waals surface area contributed by atoms with Gasteiger partial charge in [0.2, 0.25) is 0 Å². The summed E-state index contributed by atoms with van der Waals surface area (Å²) in [6, 6.07) is 5.47. The third-order valence-corrected chi connectivity index (χ3v) is 1.97. The number of hydrogen-bond acceptors (Lipinski definition) is 4. The molecule has 1 aromatic carbocycles. The van der Waals surface area contributed by atoms with Gasteiger partial charge in [-0.1, -0.05) is 12.2 Å². The van der Waals surface area contributed by atoms with Crippen molar-refractivity contribution in [2.45, 2.75) is 0 Å². The van der Waals surface area contributed by atoms with Gasteiger partial charge < -0.3 is 9.47 Å². The Bertz CT molecular complexity index is 408. The van der Waals surface area contributed by atoms with Crippen molar-refractivity contribution in [3.05, 3.63) is 23.8 Å². The minimum Gasteiger partial charge on any atom is -0.493 e. The van der Waals surface area contributed by atoms with Crippen LogP contribution in [0.2, 0.25) is 0 Å². The van der Waals surface area contributed by atoms with Crippen LogP contribution in [0, 0.1) is 0 Å². The second kappa shape index (κ2) is 6.34.